The molecule has 39 heavy (non-hydrogen) atoms. The molecular formula is C31H36N2O6. The van der Waals surface area contributed by atoms with Gasteiger partial charge in [-0.1, -0.05) is 84.9 Å². The van der Waals surface area contributed by atoms with Crippen LogP contribution in [0.1, 0.15) is 34.7 Å². The summed E-state index contributed by atoms with van der Waals surface area (Å²) in [6, 6.07) is 25.4. The van der Waals surface area contributed by atoms with Crippen molar-refractivity contribution >= 4 is 12.0 Å². The first kappa shape index (κ1) is 28.3. The predicted molar refractivity (Wildman–Crippen MR) is 147 cm³/mol. The maximum absolute atomic E-state index is 13.7. The van der Waals surface area contributed by atoms with E-state index in [0.717, 1.165) is 22.3 Å². The molecule has 0 saturated carbocycles. The molecule has 5 N–H and O–H groups in total. The number of carbonyl (C=O) groups is 2. The zero-order chi connectivity index (χ0) is 27.6. The maximum atomic E-state index is 13.7. The van der Waals surface area contributed by atoms with E-state index in [-0.39, 0.29) is 25.5 Å². The molecule has 0 fully saturated rings. The summed E-state index contributed by atoms with van der Waals surface area (Å²) in [6.07, 6.45) is -1.32. The first-order valence-electron chi connectivity index (χ1n) is 13.3. The minimum atomic E-state index is -1.08. The summed E-state index contributed by atoms with van der Waals surface area (Å²) < 4.78 is 4.97. The first-order valence-corrected chi connectivity index (χ1v) is 13.3. The fraction of sp³-hybridized carbons (Fsp3) is 0.355. The van der Waals surface area contributed by atoms with E-state index in [4.69, 9.17) is 9.84 Å². The number of hydrogen-bond acceptors (Lipinski definition) is 6. The summed E-state index contributed by atoms with van der Waals surface area (Å²) in [7, 11) is 0. The minimum absolute atomic E-state index is 0.0724. The summed E-state index contributed by atoms with van der Waals surface area (Å²) in [4.78, 5) is 26.0. The van der Waals surface area contributed by atoms with Gasteiger partial charge in [0.05, 0.1) is 30.9 Å². The van der Waals surface area contributed by atoms with Crippen molar-refractivity contribution in [3.63, 3.8) is 0 Å². The van der Waals surface area contributed by atoms with E-state index in [1.165, 1.54) is 0 Å². The lowest BCUT2D eigenvalue weighted by atomic mass is 9.88. The van der Waals surface area contributed by atoms with Crippen molar-refractivity contribution in [2.45, 2.75) is 50.0 Å². The Balaban J connectivity index is 1.53. The molecule has 2 amide bonds. The summed E-state index contributed by atoms with van der Waals surface area (Å²) in [5, 5.41) is 36.8. The Morgan fingerprint density at radius 1 is 0.897 bits per heavy atom. The smallest absolute Gasteiger partial charge is 0.407 e. The van der Waals surface area contributed by atoms with Crippen LogP contribution in [0.4, 0.5) is 4.79 Å². The van der Waals surface area contributed by atoms with Crippen molar-refractivity contribution in [1.29, 1.82) is 0 Å². The molecule has 8 nitrogen and oxygen atoms in total. The van der Waals surface area contributed by atoms with Gasteiger partial charge in [0.1, 0.15) is 6.61 Å². The average Bonchev–Trinajstić information content (AvgIpc) is 3.26. The van der Waals surface area contributed by atoms with Crippen LogP contribution in [0.15, 0.2) is 84.9 Å². The number of rotatable bonds is 12. The normalized spacial score (nSPS) is 18.4. The van der Waals surface area contributed by atoms with Gasteiger partial charge in [-0.15, -0.1) is 0 Å². The van der Waals surface area contributed by atoms with Crippen LogP contribution >= 0.6 is 0 Å². The number of fused-ring (bicyclic) bond motifs is 1. The van der Waals surface area contributed by atoms with Crippen LogP contribution in [0, 0.1) is 5.92 Å². The molecule has 0 heterocycles. The largest absolute Gasteiger partial charge is 0.447 e. The minimum Gasteiger partial charge on any atom is -0.447 e. The van der Waals surface area contributed by atoms with Crippen LogP contribution in [0.3, 0.4) is 0 Å². The molecule has 0 radical (unpaired) electrons. The Bertz CT molecular complexity index is 1210. The molecule has 3 aromatic carbocycles. The highest BCUT2D eigenvalue weighted by atomic mass is 16.6. The Hall–Kier alpha value is -3.72. The Morgan fingerprint density at radius 2 is 1.51 bits per heavy atom. The van der Waals surface area contributed by atoms with Crippen LogP contribution in [0.2, 0.25) is 0 Å². The lowest BCUT2D eigenvalue weighted by Gasteiger charge is -2.28. The molecule has 0 spiro atoms. The summed E-state index contributed by atoms with van der Waals surface area (Å²) in [5.41, 5.74) is 3.74. The fourth-order valence-electron chi connectivity index (χ4n) is 5.14. The van der Waals surface area contributed by atoms with Crippen LogP contribution in [0.5, 0.6) is 0 Å². The molecule has 8 heteroatoms. The summed E-state index contributed by atoms with van der Waals surface area (Å²) >= 11 is 0. The molecule has 206 valence electrons. The molecular weight excluding hydrogens is 496 g/mol. The SMILES string of the molecule is O=C(N[C@@H](Cc1ccccc1)[C@@H](O)C[C@@H](Cc1ccccc1)C(=O)N[C@H]1c2ccccc2C[C@H]1O)OCCO. The molecule has 5 atom stereocenters. The van der Waals surface area contributed by atoms with Gasteiger partial charge < -0.3 is 30.7 Å². The topological polar surface area (TPSA) is 128 Å². The van der Waals surface area contributed by atoms with Gasteiger partial charge in [0, 0.05) is 12.3 Å². The third-order valence-electron chi connectivity index (χ3n) is 7.11. The monoisotopic (exact) mass is 532 g/mol. The number of aliphatic hydroxyl groups is 3. The summed E-state index contributed by atoms with van der Waals surface area (Å²) in [6.45, 7) is -0.473. The van der Waals surface area contributed by atoms with Gasteiger partial charge in [0.2, 0.25) is 5.91 Å². The van der Waals surface area contributed by atoms with Crippen molar-refractivity contribution in [1.82, 2.24) is 10.6 Å². The second kappa shape index (κ2) is 13.9. The first-order chi connectivity index (χ1) is 18.9. The fourth-order valence-corrected chi connectivity index (χ4v) is 5.14. The van der Waals surface area contributed by atoms with Crippen molar-refractivity contribution < 1.29 is 29.6 Å². The van der Waals surface area contributed by atoms with E-state index >= 15 is 0 Å². The van der Waals surface area contributed by atoms with E-state index in [1.807, 2.05) is 84.9 Å². The number of amides is 2. The van der Waals surface area contributed by atoms with Gasteiger partial charge in [-0.3, -0.25) is 4.79 Å². The third-order valence-corrected chi connectivity index (χ3v) is 7.11. The molecule has 0 saturated heterocycles. The highest BCUT2D eigenvalue weighted by molar-refractivity contribution is 5.80. The number of carbonyl (C=O) groups excluding carboxylic acids is 2. The van der Waals surface area contributed by atoms with Crippen LogP contribution < -0.4 is 10.6 Å². The lowest BCUT2D eigenvalue weighted by Crippen LogP contribution is -2.47. The highest BCUT2D eigenvalue weighted by Crippen LogP contribution is 2.32. The number of benzene rings is 3. The lowest BCUT2D eigenvalue weighted by molar-refractivity contribution is -0.127. The van der Waals surface area contributed by atoms with Crippen molar-refractivity contribution in [2.24, 2.45) is 5.92 Å². The molecule has 0 aromatic heterocycles. The summed E-state index contributed by atoms with van der Waals surface area (Å²) in [5.74, 6) is -0.907. The molecule has 4 rings (SSSR count). The third kappa shape index (κ3) is 7.89. The van der Waals surface area contributed by atoms with Gasteiger partial charge in [0.25, 0.3) is 0 Å². The van der Waals surface area contributed by atoms with Crippen LogP contribution in [0.25, 0.3) is 0 Å². The quantitative estimate of drug-likeness (QED) is 0.244. The molecule has 0 aliphatic heterocycles. The maximum Gasteiger partial charge on any atom is 0.407 e. The Labute approximate surface area is 228 Å². The van der Waals surface area contributed by atoms with Crippen molar-refractivity contribution in [2.75, 3.05) is 13.2 Å². The molecule has 0 unspecified atom stereocenters. The van der Waals surface area contributed by atoms with Crippen molar-refractivity contribution in [3.8, 4) is 0 Å². The number of alkyl carbamates (subject to hydrolysis) is 1. The van der Waals surface area contributed by atoms with Gasteiger partial charge in [-0.2, -0.15) is 0 Å². The van der Waals surface area contributed by atoms with E-state index in [9.17, 15) is 19.8 Å². The van der Waals surface area contributed by atoms with E-state index in [1.54, 1.807) is 0 Å². The van der Waals surface area contributed by atoms with E-state index < -0.39 is 36.3 Å². The van der Waals surface area contributed by atoms with Gasteiger partial charge in [0.15, 0.2) is 0 Å². The molecule has 0 bridgehead atoms. The van der Waals surface area contributed by atoms with Crippen LogP contribution in [-0.4, -0.2) is 58.8 Å². The number of ether oxygens (including phenoxy) is 1. The van der Waals surface area contributed by atoms with Crippen LogP contribution in [-0.2, 0) is 28.8 Å². The van der Waals surface area contributed by atoms with Gasteiger partial charge in [-0.25, -0.2) is 4.79 Å². The molecule has 1 aliphatic carbocycles. The zero-order valence-electron chi connectivity index (χ0n) is 21.8. The van der Waals surface area contributed by atoms with Crippen molar-refractivity contribution in [3.05, 3.63) is 107 Å². The molecule has 3 aromatic rings. The number of aliphatic hydroxyl groups excluding tert-OH is 3. The number of hydrogen-bond donors (Lipinski definition) is 5. The highest BCUT2D eigenvalue weighted by Gasteiger charge is 2.35. The van der Waals surface area contributed by atoms with E-state index in [0.29, 0.717) is 19.3 Å². The number of nitrogens with one attached hydrogen (secondary N) is 2. The van der Waals surface area contributed by atoms with Gasteiger partial charge in [-0.05, 0) is 41.5 Å². The predicted octanol–water partition coefficient (Wildman–Crippen LogP) is 2.70. The average molecular weight is 533 g/mol. The standard InChI is InChI=1S/C31H36N2O6/c34-15-16-39-31(38)32-26(18-22-11-5-2-6-12-22)27(35)20-24(17-21-9-3-1-4-10-21)30(37)33-29-25-14-8-7-13-23(25)19-28(29)36/h1-14,24,26-29,34-36H,15-20H2,(H,32,38)(H,33,37)/t24-,26+,27+,28-,29+/m1/s1. The Morgan fingerprint density at radius 3 is 2.18 bits per heavy atom. The zero-order valence-corrected chi connectivity index (χ0v) is 21.8. The van der Waals surface area contributed by atoms with E-state index in [2.05, 4.69) is 10.6 Å². The Kier molecular flexibility index (Phi) is 10.1. The van der Waals surface area contributed by atoms with Gasteiger partial charge >= 0.3 is 6.09 Å². The second-order valence-electron chi connectivity index (χ2n) is 9.95. The second-order valence-corrected chi connectivity index (χ2v) is 9.95. The molecule has 1 aliphatic rings.